The predicted molar refractivity (Wildman–Crippen MR) is 131 cm³/mol. The maximum absolute atomic E-state index is 4.65. The Morgan fingerprint density at radius 2 is 1.50 bits per heavy atom. The molecule has 0 aliphatic carbocycles. The van der Waals surface area contributed by atoms with Gasteiger partial charge in [-0.05, 0) is 11.1 Å². The van der Waals surface area contributed by atoms with Crippen LogP contribution in [-0.4, -0.2) is 60.3 Å². The number of anilines is 2. The van der Waals surface area contributed by atoms with Gasteiger partial charge in [0.05, 0.1) is 24.3 Å². The average Bonchev–Trinajstić information content (AvgIpc) is 3.51. The number of fused-ring (bicyclic) bond motifs is 1. The van der Waals surface area contributed by atoms with Crippen LogP contribution < -0.4 is 9.80 Å². The minimum atomic E-state index is 0.790. The van der Waals surface area contributed by atoms with Crippen LogP contribution in [0.5, 0.6) is 0 Å². The summed E-state index contributed by atoms with van der Waals surface area (Å²) >= 11 is 0. The second kappa shape index (κ2) is 8.58. The summed E-state index contributed by atoms with van der Waals surface area (Å²) in [5, 5.41) is 4.26. The predicted octanol–water partition coefficient (Wildman–Crippen LogP) is 2.84. The van der Waals surface area contributed by atoms with Crippen molar-refractivity contribution >= 4 is 17.4 Å². The standard InChI is InChI=1S/C25H25N9/c1-31-17-21(14-30-31)22-18-34-23(15-26-22)27-16-24(34)32-7-9-33(10-8-32)25-28-12-20(13-29-25)11-19-5-3-2-4-6-19/h2-6,12-18H,7-11H2,1H3. The third-order valence-corrected chi connectivity index (χ3v) is 6.21. The molecular weight excluding hydrogens is 426 g/mol. The second-order valence-electron chi connectivity index (χ2n) is 8.55. The van der Waals surface area contributed by atoms with E-state index in [-0.39, 0.29) is 0 Å². The lowest BCUT2D eigenvalue weighted by molar-refractivity contribution is 0.632. The van der Waals surface area contributed by atoms with Gasteiger partial charge in [-0.25, -0.2) is 15.0 Å². The maximum Gasteiger partial charge on any atom is 0.225 e. The molecule has 0 N–H and O–H groups in total. The lowest BCUT2D eigenvalue weighted by Gasteiger charge is -2.35. The number of piperazine rings is 1. The normalized spacial score (nSPS) is 14.1. The van der Waals surface area contributed by atoms with Gasteiger partial charge in [0.25, 0.3) is 0 Å². The zero-order chi connectivity index (χ0) is 22.9. The number of aromatic nitrogens is 7. The third-order valence-electron chi connectivity index (χ3n) is 6.21. The highest BCUT2D eigenvalue weighted by Crippen LogP contribution is 2.23. The molecule has 0 amide bonds. The fourth-order valence-corrected chi connectivity index (χ4v) is 4.38. The first-order valence-corrected chi connectivity index (χ1v) is 11.4. The Labute approximate surface area is 197 Å². The van der Waals surface area contributed by atoms with Crippen molar-refractivity contribution in [3.63, 3.8) is 0 Å². The van der Waals surface area contributed by atoms with Crippen LogP contribution in [-0.2, 0) is 13.5 Å². The Kier molecular flexibility index (Phi) is 5.14. The van der Waals surface area contributed by atoms with Crippen LogP contribution in [0, 0.1) is 0 Å². The fourth-order valence-electron chi connectivity index (χ4n) is 4.38. The van der Waals surface area contributed by atoms with Gasteiger partial charge in [0, 0.05) is 70.0 Å². The van der Waals surface area contributed by atoms with Gasteiger partial charge in [0.2, 0.25) is 5.95 Å². The molecule has 0 atom stereocenters. The Hall–Kier alpha value is -4.27. The molecule has 1 saturated heterocycles. The molecule has 5 aromatic rings. The van der Waals surface area contributed by atoms with Crippen LogP contribution >= 0.6 is 0 Å². The molecular formula is C25H25N9. The molecule has 1 aromatic carbocycles. The van der Waals surface area contributed by atoms with E-state index in [1.807, 2.05) is 56.5 Å². The number of hydrogen-bond acceptors (Lipinski definition) is 7. The third kappa shape index (κ3) is 3.96. The molecule has 9 nitrogen and oxygen atoms in total. The van der Waals surface area contributed by atoms with Crippen LogP contribution in [0.15, 0.2) is 73.7 Å². The van der Waals surface area contributed by atoms with E-state index in [1.165, 1.54) is 5.56 Å². The van der Waals surface area contributed by atoms with Crippen molar-refractivity contribution in [2.75, 3.05) is 36.0 Å². The van der Waals surface area contributed by atoms with E-state index in [0.29, 0.717) is 0 Å². The molecule has 0 saturated carbocycles. The second-order valence-corrected chi connectivity index (χ2v) is 8.55. The van der Waals surface area contributed by atoms with Gasteiger partial charge < -0.3 is 9.80 Å². The van der Waals surface area contributed by atoms with Gasteiger partial charge >= 0.3 is 0 Å². The van der Waals surface area contributed by atoms with Crippen molar-refractivity contribution in [3.05, 3.63) is 84.8 Å². The first-order chi connectivity index (χ1) is 16.7. The summed E-state index contributed by atoms with van der Waals surface area (Å²) in [5.74, 6) is 1.86. The zero-order valence-electron chi connectivity index (χ0n) is 19.0. The molecule has 1 aliphatic rings. The van der Waals surface area contributed by atoms with E-state index < -0.39 is 0 Å². The zero-order valence-corrected chi connectivity index (χ0v) is 19.0. The largest absolute Gasteiger partial charge is 0.353 e. The number of rotatable bonds is 5. The van der Waals surface area contributed by atoms with E-state index in [0.717, 1.165) is 66.8 Å². The molecule has 0 radical (unpaired) electrons. The number of imidazole rings is 1. The molecule has 9 heteroatoms. The van der Waals surface area contributed by atoms with E-state index in [2.05, 4.69) is 63.5 Å². The first-order valence-electron chi connectivity index (χ1n) is 11.4. The molecule has 4 aromatic heterocycles. The van der Waals surface area contributed by atoms with Crippen LogP contribution in [0.1, 0.15) is 11.1 Å². The van der Waals surface area contributed by atoms with Crippen LogP contribution in [0.25, 0.3) is 16.9 Å². The molecule has 170 valence electrons. The summed E-state index contributed by atoms with van der Waals surface area (Å²) in [6, 6.07) is 10.4. The van der Waals surface area contributed by atoms with Gasteiger partial charge in [-0.1, -0.05) is 30.3 Å². The van der Waals surface area contributed by atoms with E-state index in [1.54, 1.807) is 4.68 Å². The van der Waals surface area contributed by atoms with Crippen molar-refractivity contribution in [1.29, 1.82) is 0 Å². The minimum absolute atomic E-state index is 0.790. The van der Waals surface area contributed by atoms with Crippen molar-refractivity contribution in [2.45, 2.75) is 6.42 Å². The van der Waals surface area contributed by atoms with E-state index in [4.69, 9.17) is 0 Å². The minimum Gasteiger partial charge on any atom is -0.353 e. The molecule has 1 aliphatic heterocycles. The summed E-state index contributed by atoms with van der Waals surface area (Å²) in [6.45, 7) is 3.44. The van der Waals surface area contributed by atoms with E-state index in [9.17, 15) is 0 Å². The lowest BCUT2D eigenvalue weighted by atomic mass is 10.1. The monoisotopic (exact) mass is 451 g/mol. The molecule has 6 rings (SSSR count). The van der Waals surface area contributed by atoms with Gasteiger partial charge in [0.15, 0.2) is 5.65 Å². The Bertz CT molecular complexity index is 1400. The fraction of sp³-hybridized carbons (Fsp3) is 0.240. The SMILES string of the molecule is Cn1cc(-c2cn3c(N4CCN(c5ncc(Cc6ccccc6)cn5)CC4)cnc3cn2)cn1. The van der Waals surface area contributed by atoms with Gasteiger partial charge in [-0.3, -0.25) is 14.1 Å². The molecule has 5 heterocycles. The van der Waals surface area contributed by atoms with Crippen molar-refractivity contribution < 1.29 is 0 Å². The molecule has 1 fully saturated rings. The van der Waals surface area contributed by atoms with Gasteiger partial charge in [0.1, 0.15) is 5.82 Å². The van der Waals surface area contributed by atoms with Crippen molar-refractivity contribution in [3.8, 4) is 11.3 Å². The topological polar surface area (TPSA) is 80.3 Å². The van der Waals surface area contributed by atoms with Crippen molar-refractivity contribution in [1.82, 2.24) is 34.1 Å². The van der Waals surface area contributed by atoms with Gasteiger partial charge in [-0.15, -0.1) is 0 Å². The summed E-state index contributed by atoms with van der Waals surface area (Å²) < 4.78 is 3.89. The van der Waals surface area contributed by atoms with Crippen molar-refractivity contribution in [2.24, 2.45) is 7.05 Å². The number of benzene rings is 1. The summed E-state index contributed by atoms with van der Waals surface area (Å²) in [4.78, 5) is 23.0. The molecule has 0 unspecified atom stereocenters. The van der Waals surface area contributed by atoms with Gasteiger partial charge in [-0.2, -0.15) is 5.10 Å². The first kappa shape index (κ1) is 20.3. The Morgan fingerprint density at radius 1 is 0.735 bits per heavy atom. The number of hydrogen-bond donors (Lipinski definition) is 0. The van der Waals surface area contributed by atoms with Crippen LogP contribution in [0.3, 0.4) is 0 Å². The molecule has 0 spiro atoms. The quantitative estimate of drug-likeness (QED) is 0.406. The van der Waals surface area contributed by atoms with Crippen LogP contribution in [0.4, 0.5) is 11.8 Å². The summed E-state index contributed by atoms with van der Waals surface area (Å²) in [6.07, 6.45) is 14.3. The highest BCUT2D eigenvalue weighted by Gasteiger charge is 2.22. The average molecular weight is 452 g/mol. The highest BCUT2D eigenvalue weighted by atomic mass is 15.3. The molecule has 0 bridgehead atoms. The molecule has 34 heavy (non-hydrogen) atoms. The Balaban J connectivity index is 1.15. The van der Waals surface area contributed by atoms with E-state index >= 15 is 0 Å². The Morgan fingerprint density at radius 3 is 2.24 bits per heavy atom. The lowest BCUT2D eigenvalue weighted by Crippen LogP contribution is -2.47. The summed E-state index contributed by atoms with van der Waals surface area (Å²) in [7, 11) is 1.91. The number of nitrogens with zero attached hydrogens (tertiary/aromatic N) is 9. The maximum atomic E-state index is 4.65. The summed E-state index contributed by atoms with van der Waals surface area (Å²) in [5.41, 5.74) is 5.09. The number of aryl methyl sites for hydroxylation is 1. The highest BCUT2D eigenvalue weighted by molar-refractivity contribution is 5.60. The smallest absolute Gasteiger partial charge is 0.225 e. The van der Waals surface area contributed by atoms with Crippen LogP contribution in [0.2, 0.25) is 0 Å².